The van der Waals surface area contributed by atoms with Crippen LogP contribution in [0.1, 0.15) is 56.3 Å². The van der Waals surface area contributed by atoms with E-state index in [-0.39, 0.29) is 28.8 Å². The van der Waals surface area contributed by atoms with Gasteiger partial charge < -0.3 is 19.4 Å². The molecule has 1 amide bonds. The predicted molar refractivity (Wildman–Crippen MR) is 144 cm³/mol. The third kappa shape index (κ3) is 6.07. The predicted octanol–water partition coefficient (Wildman–Crippen LogP) is 5.46. The second-order valence-electron chi connectivity index (χ2n) is 11.6. The second-order valence-corrected chi connectivity index (χ2v) is 16.4. The van der Waals surface area contributed by atoms with E-state index in [1.807, 2.05) is 17.0 Å². The first-order valence-electron chi connectivity index (χ1n) is 13.2. The number of amides is 1. The molecule has 1 N–H and O–H groups in total. The first kappa shape index (κ1) is 27.0. The zero-order valence-corrected chi connectivity index (χ0v) is 23.4. The first-order valence-corrected chi connectivity index (χ1v) is 16.1. The zero-order chi connectivity index (χ0) is 25.9. The third-order valence-electron chi connectivity index (χ3n) is 8.11. The molecule has 1 fully saturated rings. The Morgan fingerprint density at radius 1 is 1.14 bits per heavy atom. The van der Waals surface area contributed by atoms with E-state index in [1.54, 1.807) is 12.1 Å². The number of hydrogen-bond acceptors (Lipinski definition) is 4. The van der Waals surface area contributed by atoms with Crippen molar-refractivity contribution in [1.82, 2.24) is 10.2 Å². The maximum atomic E-state index is 13.7. The lowest BCUT2D eigenvalue weighted by molar-refractivity contribution is -0.149. The van der Waals surface area contributed by atoms with Gasteiger partial charge in [0, 0.05) is 25.7 Å². The highest BCUT2D eigenvalue weighted by atomic mass is 28.4. The molecule has 0 saturated carbocycles. The molecule has 4 rings (SSSR count). The summed E-state index contributed by atoms with van der Waals surface area (Å²) < 4.78 is 26.0. The van der Waals surface area contributed by atoms with E-state index in [0.29, 0.717) is 26.2 Å². The van der Waals surface area contributed by atoms with Gasteiger partial charge in [-0.15, -0.1) is 0 Å². The van der Waals surface area contributed by atoms with Gasteiger partial charge in [0.1, 0.15) is 11.9 Å². The zero-order valence-electron chi connectivity index (χ0n) is 22.4. The van der Waals surface area contributed by atoms with Crippen molar-refractivity contribution in [3.05, 3.63) is 71.0 Å². The van der Waals surface area contributed by atoms with Crippen LogP contribution in [0.3, 0.4) is 0 Å². The van der Waals surface area contributed by atoms with Crippen LogP contribution in [0.5, 0.6) is 0 Å². The van der Waals surface area contributed by atoms with Gasteiger partial charge in [0.2, 0.25) is 0 Å². The first-order chi connectivity index (χ1) is 17.1. The van der Waals surface area contributed by atoms with Crippen LogP contribution in [0, 0.1) is 5.82 Å². The van der Waals surface area contributed by atoms with Crippen molar-refractivity contribution >= 4 is 14.2 Å². The fourth-order valence-electron chi connectivity index (χ4n) is 4.89. The Bertz CT molecular complexity index is 1030. The lowest BCUT2D eigenvalue weighted by Crippen LogP contribution is -2.50. The number of hydrogen-bond donors (Lipinski definition) is 1. The van der Waals surface area contributed by atoms with E-state index in [2.05, 4.69) is 51.3 Å². The number of fused-ring (bicyclic) bond motifs is 1. The molecule has 2 aliphatic rings. The van der Waals surface area contributed by atoms with Gasteiger partial charge in [-0.3, -0.25) is 4.79 Å². The minimum absolute atomic E-state index is 0.0264. The van der Waals surface area contributed by atoms with Crippen molar-refractivity contribution in [2.75, 3.05) is 26.3 Å². The number of carbonyl (C=O) groups excluding carboxylic acids is 1. The molecule has 2 aliphatic heterocycles. The smallest absolute Gasteiger partial charge is 0.252 e. The average Bonchev–Trinajstić information content (AvgIpc) is 2.86. The SMILES string of the molecule is CC(C)(C)[Si](C)(C)OCCN[C@@H]1CC[C@H](C(=O)N2CCc3ccccc3[C@@H]2c2ccc(F)cc2)OC1. The highest BCUT2D eigenvalue weighted by molar-refractivity contribution is 6.74. The standard InChI is InChI=1S/C29H41FN2O3Si/c1-29(2,3)36(4,5)35-19-17-31-24-14-15-26(34-20-24)28(33)32-18-16-21-8-6-7-9-25(21)27(32)22-10-12-23(30)13-11-22/h6-13,24,26-27,31H,14-20H2,1-5H3/t24-,26-,27+/m1/s1. The summed E-state index contributed by atoms with van der Waals surface area (Å²) in [5.41, 5.74) is 3.28. The topological polar surface area (TPSA) is 50.8 Å². The normalized spacial score (nSPS) is 22.8. The van der Waals surface area contributed by atoms with E-state index in [0.717, 1.165) is 30.5 Å². The van der Waals surface area contributed by atoms with Gasteiger partial charge in [-0.2, -0.15) is 0 Å². The highest BCUT2D eigenvalue weighted by Gasteiger charge is 2.38. The molecular formula is C29H41FN2O3Si. The van der Waals surface area contributed by atoms with Gasteiger partial charge in [-0.25, -0.2) is 4.39 Å². The van der Waals surface area contributed by atoms with Gasteiger partial charge in [0.25, 0.3) is 5.91 Å². The molecule has 3 atom stereocenters. The summed E-state index contributed by atoms with van der Waals surface area (Å²) in [5, 5.41) is 3.75. The summed E-state index contributed by atoms with van der Waals surface area (Å²) in [7, 11) is -1.74. The van der Waals surface area contributed by atoms with Crippen molar-refractivity contribution in [3.63, 3.8) is 0 Å². The molecule has 0 radical (unpaired) electrons. The Morgan fingerprint density at radius 2 is 1.86 bits per heavy atom. The molecular weight excluding hydrogens is 471 g/mol. The van der Waals surface area contributed by atoms with Crippen molar-refractivity contribution in [2.24, 2.45) is 0 Å². The molecule has 0 aromatic heterocycles. The van der Waals surface area contributed by atoms with Gasteiger partial charge in [0.05, 0.1) is 12.6 Å². The Morgan fingerprint density at radius 3 is 2.53 bits per heavy atom. The summed E-state index contributed by atoms with van der Waals surface area (Å²) >= 11 is 0. The van der Waals surface area contributed by atoms with Crippen LogP contribution in [0.25, 0.3) is 0 Å². The van der Waals surface area contributed by atoms with Crippen LogP contribution in [0.15, 0.2) is 48.5 Å². The molecule has 0 aliphatic carbocycles. The fourth-order valence-corrected chi connectivity index (χ4v) is 5.93. The lowest BCUT2D eigenvalue weighted by atomic mass is 9.87. The van der Waals surface area contributed by atoms with Crippen molar-refractivity contribution < 1.29 is 18.3 Å². The number of ether oxygens (including phenoxy) is 1. The van der Waals surface area contributed by atoms with Gasteiger partial charge >= 0.3 is 0 Å². The molecule has 0 bridgehead atoms. The number of rotatable bonds is 7. The Kier molecular flexibility index (Phi) is 8.34. The number of benzene rings is 2. The molecule has 5 nitrogen and oxygen atoms in total. The van der Waals surface area contributed by atoms with E-state index in [1.165, 1.54) is 17.7 Å². The van der Waals surface area contributed by atoms with E-state index in [4.69, 9.17) is 9.16 Å². The van der Waals surface area contributed by atoms with Gasteiger partial charge in [-0.1, -0.05) is 57.2 Å². The minimum atomic E-state index is -1.74. The molecule has 2 aromatic rings. The maximum absolute atomic E-state index is 13.7. The molecule has 7 heteroatoms. The number of halogens is 1. The summed E-state index contributed by atoms with van der Waals surface area (Å²) in [5.74, 6) is -0.247. The summed E-state index contributed by atoms with van der Waals surface area (Å²) in [6, 6.07) is 14.8. The largest absolute Gasteiger partial charge is 0.416 e. The minimum Gasteiger partial charge on any atom is -0.416 e. The second kappa shape index (κ2) is 11.1. The molecule has 196 valence electrons. The molecule has 2 aromatic carbocycles. The quantitative estimate of drug-likeness (QED) is 0.395. The summed E-state index contributed by atoms with van der Waals surface area (Å²) in [6.07, 6.45) is 1.94. The Balaban J connectivity index is 1.35. The van der Waals surface area contributed by atoms with Crippen LogP contribution >= 0.6 is 0 Å². The van der Waals surface area contributed by atoms with E-state index < -0.39 is 14.4 Å². The molecule has 1 saturated heterocycles. The highest BCUT2D eigenvalue weighted by Crippen LogP contribution is 2.37. The van der Waals surface area contributed by atoms with Crippen LogP contribution in [-0.4, -0.2) is 57.6 Å². The molecule has 2 heterocycles. The maximum Gasteiger partial charge on any atom is 0.252 e. The van der Waals surface area contributed by atoms with Crippen LogP contribution in [-0.2, 0) is 20.4 Å². The summed E-state index contributed by atoms with van der Waals surface area (Å²) in [6.45, 7) is 13.9. The number of carbonyl (C=O) groups is 1. The molecule has 0 unspecified atom stereocenters. The van der Waals surface area contributed by atoms with Gasteiger partial charge in [-0.05, 0) is 66.2 Å². The monoisotopic (exact) mass is 512 g/mol. The molecule has 36 heavy (non-hydrogen) atoms. The number of nitrogens with one attached hydrogen (secondary N) is 1. The summed E-state index contributed by atoms with van der Waals surface area (Å²) in [4.78, 5) is 15.6. The van der Waals surface area contributed by atoms with Gasteiger partial charge in [0.15, 0.2) is 8.32 Å². The third-order valence-corrected chi connectivity index (χ3v) is 12.6. The van der Waals surface area contributed by atoms with Crippen LogP contribution < -0.4 is 5.32 Å². The van der Waals surface area contributed by atoms with Crippen molar-refractivity contribution in [3.8, 4) is 0 Å². The Labute approximate surface area is 216 Å². The fraction of sp³-hybridized carbons (Fsp3) is 0.552. The van der Waals surface area contributed by atoms with Crippen LogP contribution in [0.4, 0.5) is 4.39 Å². The van der Waals surface area contributed by atoms with E-state index in [9.17, 15) is 9.18 Å². The van der Waals surface area contributed by atoms with Crippen molar-refractivity contribution in [1.29, 1.82) is 0 Å². The lowest BCUT2D eigenvalue weighted by Gasteiger charge is -2.40. The average molecular weight is 513 g/mol. The molecule has 0 spiro atoms. The van der Waals surface area contributed by atoms with Crippen molar-refractivity contribution in [2.45, 2.75) is 76.4 Å². The number of nitrogens with zero attached hydrogens (tertiary/aromatic N) is 1. The van der Waals surface area contributed by atoms with E-state index >= 15 is 0 Å². The Hall–Kier alpha value is -2.06. The van der Waals surface area contributed by atoms with Crippen LogP contribution in [0.2, 0.25) is 18.1 Å².